The van der Waals surface area contributed by atoms with Crippen LogP contribution in [-0.4, -0.2) is 16.8 Å². The van der Waals surface area contributed by atoms with Gasteiger partial charge in [-0.1, -0.05) is 60.4 Å². The van der Waals surface area contributed by atoms with E-state index in [1.165, 1.54) is 0 Å². The first-order chi connectivity index (χ1) is 12.6. The van der Waals surface area contributed by atoms with Gasteiger partial charge in [-0.05, 0) is 12.1 Å². The second kappa shape index (κ2) is 6.38. The third-order valence-electron chi connectivity index (χ3n) is 4.43. The highest BCUT2D eigenvalue weighted by atomic mass is 32.1. The quantitative estimate of drug-likeness (QED) is 0.556. The minimum atomic E-state index is -0.137. The maximum atomic E-state index is 13.0. The van der Waals surface area contributed by atoms with Gasteiger partial charge in [-0.25, -0.2) is 0 Å². The van der Waals surface area contributed by atoms with Gasteiger partial charge >= 0.3 is 0 Å². The molecular formula is C20H17N3O2S. The molecule has 0 aliphatic heterocycles. The van der Waals surface area contributed by atoms with Crippen LogP contribution in [0, 0.1) is 0 Å². The van der Waals surface area contributed by atoms with E-state index in [0.29, 0.717) is 16.7 Å². The van der Waals surface area contributed by atoms with Crippen LogP contribution in [-0.2, 0) is 7.05 Å². The van der Waals surface area contributed by atoms with Crippen LogP contribution in [0.3, 0.4) is 0 Å². The van der Waals surface area contributed by atoms with E-state index in [2.05, 4.69) is 18.0 Å². The van der Waals surface area contributed by atoms with Crippen molar-refractivity contribution in [3.63, 3.8) is 0 Å². The molecule has 0 amide bonds. The lowest BCUT2D eigenvalue weighted by Crippen LogP contribution is -2.18. The van der Waals surface area contributed by atoms with Crippen LogP contribution in [0.1, 0.15) is 0 Å². The van der Waals surface area contributed by atoms with Crippen LogP contribution in [0.15, 0.2) is 70.0 Å². The lowest BCUT2D eigenvalue weighted by Gasteiger charge is -2.14. The molecule has 0 saturated heterocycles. The summed E-state index contributed by atoms with van der Waals surface area (Å²) < 4.78 is 8.84. The first kappa shape index (κ1) is 16.5. The van der Waals surface area contributed by atoms with E-state index in [1.54, 1.807) is 15.9 Å². The molecule has 0 fully saturated rings. The van der Waals surface area contributed by atoms with E-state index < -0.39 is 0 Å². The fraction of sp³-hybridized carbons (Fsp3) is 0.100. The summed E-state index contributed by atoms with van der Waals surface area (Å²) in [4.78, 5) is 13.0. The minimum absolute atomic E-state index is 0.137. The van der Waals surface area contributed by atoms with Crippen LogP contribution < -0.4 is 9.86 Å². The summed E-state index contributed by atoms with van der Waals surface area (Å²) in [6.45, 7) is 0. The van der Waals surface area contributed by atoms with Crippen molar-refractivity contribution in [3.05, 3.63) is 71.0 Å². The highest BCUT2D eigenvalue weighted by molar-refractivity contribution is 7.81. The van der Waals surface area contributed by atoms with Crippen molar-refractivity contribution < 1.29 is 4.52 Å². The second-order valence-corrected chi connectivity index (χ2v) is 6.70. The number of aromatic nitrogens is 2. The largest absolute Gasteiger partial charge is 0.355 e. The Morgan fingerprint density at radius 3 is 2.50 bits per heavy atom. The molecule has 5 nitrogen and oxygen atoms in total. The van der Waals surface area contributed by atoms with Gasteiger partial charge in [-0.2, -0.15) is 0 Å². The zero-order chi connectivity index (χ0) is 18.3. The Labute approximate surface area is 156 Å². The van der Waals surface area contributed by atoms with E-state index in [-0.39, 0.29) is 5.56 Å². The first-order valence-electron chi connectivity index (χ1n) is 8.14. The number of fused-ring (bicyclic) bond motifs is 1. The van der Waals surface area contributed by atoms with Gasteiger partial charge in [-0.15, -0.1) is 0 Å². The van der Waals surface area contributed by atoms with Crippen LogP contribution in [0.5, 0.6) is 0 Å². The Hall–Kier alpha value is -2.99. The van der Waals surface area contributed by atoms with Crippen LogP contribution in [0.25, 0.3) is 33.5 Å². The molecule has 0 unspecified atom stereocenters. The molecule has 0 bridgehead atoms. The number of pyridine rings is 1. The maximum absolute atomic E-state index is 13.0. The summed E-state index contributed by atoms with van der Waals surface area (Å²) in [6.07, 6.45) is 0. The van der Waals surface area contributed by atoms with Gasteiger partial charge in [0.2, 0.25) is 0 Å². The van der Waals surface area contributed by atoms with Gasteiger partial charge in [0.1, 0.15) is 11.1 Å². The van der Waals surface area contributed by atoms with Gasteiger partial charge in [-0.3, -0.25) is 4.79 Å². The molecule has 2 heterocycles. The summed E-state index contributed by atoms with van der Waals surface area (Å²) in [5, 5.41) is 4.63. The monoisotopic (exact) mass is 363 g/mol. The lowest BCUT2D eigenvalue weighted by molar-refractivity contribution is 0.459. The molecule has 0 radical (unpaired) electrons. The van der Waals surface area contributed by atoms with Gasteiger partial charge in [0.15, 0.2) is 5.58 Å². The minimum Gasteiger partial charge on any atom is -0.355 e. The van der Waals surface area contributed by atoms with Gasteiger partial charge in [0, 0.05) is 37.0 Å². The van der Waals surface area contributed by atoms with Crippen molar-refractivity contribution in [2.75, 3.05) is 11.4 Å². The molecule has 130 valence electrons. The molecule has 0 N–H and O–H groups in total. The molecule has 0 aliphatic carbocycles. The van der Waals surface area contributed by atoms with E-state index in [4.69, 9.17) is 4.52 Å². The van der Waals surface area contributed by atoms with Crippen molar-refractivity contribution in [2.24, 2.45) is 7.05 Å². The number of hydrogen-bond acceptors (Lipinski definition) is 5. The van der Waals surface area contributed by atoms with Gasteiger partial charge in [0.25, 0.3) is 5.56 Å². The topological polar surface area (TPSA) is 51.3 Å². The van der Waals surface area contributed by atoms with E-state index in [1.807, 2.05) is 67.7 Å². The molecule has 4 aromatic rings. The molecule has 0 atom stereocenters. The summed E-state index contributed by atoms with van der Waals surface area (Å²) in [5.41, 5.74) is 4.36. The Bertz CT molecular complexity index is 1150. The number of anilines is 1. The third kappa shape index (κ3) is 2.68. The molecule has 2 aromatic heterocycles. The fourth-order valence-electron chi connectivity index (χ4n) is 3.04. The fourth-order valence-corrected chi connectivity index (χ4v) is 3.17. The van der Waals surface area contributed by atoms with E-state index >= 15 is 0 Å². The molecule has 26 heavy (non-hydrogen) atoms. The SMILES string of the molecule is CN(S)c1cccc(-c2cc3onc(-c4ccccc4)c3c(=O)n2C)c1. The molecule has 0 aliphatic rings. The molecular weight excluding hydrogens is 346 g/mol. The van der Waals surface area contributed by atoms with Crippen LogP contribution in [0.2, 0.25) is 0 Å². The summed E-state index contributed by atoms with van der Waals surface area (Å²) in [6, 6.07) is 19.2. The smallest absolute Gasteiger partial charge is 0.264 e. The third-order valence-corrected chi connectivity index (χ3v) is 4.66. The molecule has 4 rings (SSSR count). The average Bonchev–Trinajstić information content (AvgIpc) is 3.09. The summed E-state index contributed by atoms with van der Waals surface area (Å²) in [5.74, 6) is 0. The van der Waals surface area contributed by atoms with Crippen molar-refractivity contribution in [3.8, 4) is 22.5 Å². The van der Waals surface area contributed by atoms with Gasteiger partial charge in [0.05, 0.1) is 5.69 Å². The standard InChI is InChI=1S/C20H17N3O2S/c1-22-16(14-9-6-10-15(11-14)23(2)26)12-17-18(20(22)24)19(21-25-17)13-7-4-3-5-8-13/h3-12,26H,1-2H3. The predicted octanol–water partition coefficient (Wildman–Crippen LogP) is 4.14. The molecule has 2 aromatic carbocycles. The Kier molecular flexibility index (Phi) is 4.05. The van der Waals surface area contributed by atoms with E-state index in [9.17, 15) is 4.79 Å². The number of hydrogen-bond donors (Lipinski definition) is 1. The average molecular weight is 363 g/mol. The first-order valence-corrected chi connectivity index (χ1v) is 8.54. The van der Waals surface area contributed by atoms with Crippen molar-refractivity contribution in [1.82, 2.24) is 9.72 Å². The predicted molar refractivity (Wildman–Crippen MR) is 108 cm³/mol. The molecule has 0 saturated carbocycles. The normalized spacial score (nSPS) is 11.0. The van der Waals surface area contributed by atoms with Gasteiger partial charge < -0.3 is 13.4 Å². The highest BCUT2D eigenvalue weighted by Gasteiger charge is 2.18. The van der Waals surface area contributed by atoms with Crippen molar-refractivity contribution >= 4 is 29.5 Å². The van der Waals surface area contributed by atoms with E-state index in [0.717, 1.165) is 22.5 Å². The Balaban J connectivity index is 1.94. The zero-order valence-corrected chi connectivity index (χ0v) is 15.3. The number of benzene rings is 2. The lowest BCUT2D eigenvalue weighted by atomic mass is 10.1. The molecule has 6 heteroatoms. The number of nitrogens with zero attached hydrogens (tertiary/aromatic N) is 3. The zero-order valence-electron chi connectivity index (χ0n) is 14.4. The number of thiol groups is 1. The second-order valence-electron chi connectivity index (χ2n) is 6.10. The van der Waals surface area contributed by atoms with Crippen molar-refractivity contribution in [2.45, 2.75) is 0 Å². The number of rotatable bonds is 3. The highest BCUT2D eigenvalue weighted by Crippen LogP contribution is 2.30. The van der Waals surface area contributed by atoms with Crippen LogP contribution in [0.4, 0.5) is 5.69 Å². The summed E-state index contributed by atoms with van der Waals surface area (Å²) >= 11 is 4.33. The maximum Gasteiger partial charge on any atom is 0.264 e. The Morgan fingerprint density at radius 1 is 1.04 bits per heavy atom. The van der Waals surface area contributed by atoms with Crippen molar-refractivity contribution in [1.29, 1.82) is 0 Å². The molecule has 0 spiro atoms. The summed E-state index contributed by atoms with van der Waals surface area (Å²) in [7, 11) is 3.61. The van der Waals surface area contributed by atoms with Crippen LogP contribution >= 0.6 is 12.8 Å². The Morgan fingerprint density at radius 2 is 1.77 bits per heavy atom.